The lowest BCUT2D eigenvalue weighted by Gasteiger charge is -2.15. The molecule has 0 aromatic carbocycles. The molecule has 1 fully saturated rings. The summed E-state index contributed by atoms with van der Waals surface area (Å²) in [5, 5.41) is 18.1. The number of rotatable bonds is 4. The fourth-order valence-electron chi connectivity index (χ4n) is 1.15. The van der Waals surface area contributed by atoms with Crippen molar-refractivity contribution in [1.82, 2.24) is 0 Å². The van der Waals surface area contributed by atoms with Gasteiger partial charge >= 0.3 is 0 Å². The molecule has 4 nitrogen and oxygen atoms in total. The van der Waals surface area contributed by atoms with E-state index in [0.717, 1.165) is 0 Å². The van der Waals surface area contributed by atoms with E-state index in [-0.39, 0.29) is 12.7 Å². The van der Waals surface area contributed by atoms with Crippen LogP contribution in [0.1, 0.15) is 0 Å². The molecule has 1 heterocycles. The first-order valence-corrected chi connectivity index (χ1v) is 3.92. The maximum atomic E-state index is 9.43. The Morgan fingerprint density at radius 2 is 2.42 bits per heavy atom. The highest BCUT2D eigenvalue weighted by molar-refractivity contribution is 4.84. The molecule has 1 aliphatic rings. The van der Waals surface area contributed by atoms with Crippen LogP contribution in [0.25, 0.3) is 0 Å². The van der Waals surface area contributed by atoms with Gasteiger partial charge in [0, 0.05) is 0 Å². The Morgan fingerprint density at radius 3 is 2.92 bits per heavy atom. The van der Waals surface area contributed by atoms with Crippen molar-refractivity contribution in [3.05, 3.63) is 12.7 Å². The Bertz CT molecular complexity index is 148. The van der Waals surface area contributed by atoms with Gasteiger partial charge in [-0.15, -0.1) is 6.58 Å². The minimum Gasteiger partial charge on any atom is -0.394 e. The predicted molar refractivity (Wildman–Crippen MR) is 42.8 cm³/mol. The summed E-state index contributed by atoms with van der Waals surface area (Å²) in [4.78, 5) is 0. The van der Waals surface area contributed by atoms with Crippen LogP contribution >= 0.6 is 0 Å². The van der Waals surface area contributed by atoms with Gasteiger partial charge in [0.25, 0.3) is 0 Å². The van der Waals surface area contributed by atoms with E-state index >= 15 is 0 Å². The summed E-state index contributed by atoms with van der Waals surface area (Å²) in [5.41, 5.74) is 0. The Morgan fingerprint density at radius 1 is 1.67 bits per heavy atom. The second-order valence-corrected chi connectivity index (χ2v) is 2.71. The smallest absolute Gasteiger partial charge is 0.111 e. The van der Waals surface area contributed by atoms with E-state index in [0.29, 0.717) is 13.2 Å². The molecule has 70 valence electrons. The highest BCUT2D eigenvalue weighted by atomic mass is 16.6. The van der Waals surface area contributed by atoms with Crippen molar-refractivity contribution >= 4 is 0 Å². The van der Waals surface area contributed by atoms with Crippen molar-refractivity contribution in [3.63, 3.8) is 0 Å². The van der Waals surface area contributed by atoms with Crippen molar-refractivity contribution in [2.24, 2.45) is 0 Å². The van der Waals surface area contributed by atoms with Crippen LogP contribution < -0.4 is 0 Å². The molecule has 3 atom stereocenters. The molecule has 1 aliphatic heterocycles. The molecule has 1 rings (SSSR count). The second-order valence-electron chi connectivity index (χ2n) is 2.71. The van der Waals surface area contributed by atoms with Crippen molar-refractivity contribution in [3.8, 4) is 0 Å². The average molecular weight is 174 g/mol. The van der Waals surface area contributed by atoms with E-state index in [1.54, 1.807) is 6.08 Å². The number of aliphatic hydroxyl groups is 2. The highest BCUT2D eigenvalue weighted by Gasteiger charge is 2.35. The van der Waals surface area contributed by atoms with Crippen LogP contribution in [0.5, 0.6) is 0 Å². The number of aliphatic hydroxyl groups excluding tert-OH is 2. The SMILES string of the molecule is C=CCO[C@H]1CO[C@H](CO)[C@H]1O. The summed E-state index contributed by atoms with van der Waals surface area (Å²) in [6, 6.07) is 0. The van der Waals surface area contributed by atoms with Gasteiger partial charge in [0.2, 0.25) is 0 Å². The molecule has 0 unspecified atom stereocenters. The van der Waals surface area contributed by atoms with Crippen molar-refractivity contribution in [2.45, 2.75) is 18.3 Å². The zero-order chi connectivity index (χ0) is 8.97. The van der Waals surface area contributed by atoms with Gasteiger partial charge in [-0.25, -0.2) is 0 Å². The van der Waals surface area contributed by atoms with Crippen LogP contribution in [0.3, 0.4) is 0 Å². The van der Waals surface area contributed by atoms with E-state index in [4.69, 9.17) is 14.6 Å². The molecule has 2 N–H and O–H groups in total. The van der Waals surface area contributed by atoms with Crippen LogP contribution in [-0.4, -0.2) is 48.3 Å². The van der Waals surface area contributed by atoms with Gasteiger partial charge in [-0.3, -0.25) is 0 Å². The lowest BCUT2D eigenvalue weighted by molar-refractivity contribution is -0.0210. The molecule has 0 radical (unpaired) electrons. The Kier molecular flexibility index (Phi) is 3.68. The molecule has 0 saturated carbocycles. The summed E-state index contributed by atoms with van der Waals surface area (Å²) < 4.78 is 10.3. The molecule has 0 bridgehead atoms. The van der Waals surface area contributed by atoms with E-state index in [9.17, 15) is 5.11 Å². The highest BCUT2D eigenvalue weighted by Crippen LogP contribution is 2.16. The van der Waals surface area contributed by atoms with Crippen molar-refractivity contribution in [1.29, 1.82) is 0 Å². The molecule has 0 spiro atoms. The third-order valence-electron chi connectivity index (χ3n) is 1.84. The van der Waals surface area contributed by atoms with Crippen molar-refractivity contribution in [2.75, 3.05) is 19.8 Å². The molecule has 12 heavy (non-hydrogen) atoms. The topological polar surface area (TPSA) is 58.9 Å². The van der Waals surface area contributed by atoms with Gasteiger partial charge in [-0.2, -0.15) is 0 Å². The fourth-order valence-corrected chi connectivity index (χ4v) is 1.15. The van der Waals surface area contributed by atoms with E-state index in [2.05, 4.69) is 6.58 Å². The Hall–Kier alpha value is -0.420. The average Bonchev–Trinajstić information content (AvgIpc) is 2.43. The predicted octanol–water partition coefficient (Wildman–Crippen LogP) is -0.690. The second kappa shape index (κ2) is 4.57. The number of ether oxygens (including phenoxy) is 2. The summed E-state index contributed by atoms with van der Waals surface area (Å²) in [6.07, 6.45) is 0.0498. The van der Waals surface area contributed by atoms with Gasteiger partial charge in [0.15, 0.2) is 0 Å². The van der Waals surface area contributed by atoms with E-state index in [1.807, 2.05) is 0 Å². The van der Waals surface area contributed by atoms with Gasteiger partial charge in [0.1, 0.15) is 18.3 Å². The number of hydrogen-bond acceptors (Lipinski definition) is 4. The Labute approximate surface area is 71.4 Å². The normalized spacial score (nSPS) is 35.3. The molecule has 1 saturated heterocycles. The van der Waals surface area contributed by atoms with Crippen LogP contribution in [0, 0.1) is 0 Å². The first-order chi connectivity index (χ1) is 5.79. The molecule has 0 aromatic heterocycles. The quantitative estimate of drug-likeness (QED) is 0.554. The lowest BCUT2D eigenvalue weighted by Crippen LogP contribution is -2.34. The third kappa shape index (κ3) is 2.04. The van der Waals surface area contributed by atoms with Gasteiger partial charge in [0.05, 0.1) is 19.8 Å². The standard InChI is InChI=1S/C8H14O4/c1-2-3-11-7-5-12-6(4-9)8(7)10/h2,6-10H,1,3-5H2/t6-,7+,8-/m1/s1. The zero-order valence-corrected chi connectivity index (χ0v) is 6.85. The molecular formula is C8H14O4. The van der Waals surface area contributed by atoms with Gasteiger partial charge < -0.3 is 19.7 Å². The van der Waals surface area contributed by atoms with Crippen LogP contribution in [0.2, 0.25) is 0 Å². The van der Waals surface area contributed by atoms with Crippen LogP contribution in [-0.2, 0) is 9.47 Å². The monoisotopic (exact) mass is 174 g/mol. The third-order valence-corrected chi connectivity index (χ3v) is 1.84. The molecule has 0 aromatic rings. The summed E-state index contributed by atoms with van der Waals surface area (Å²) >= 11 is 0. The van der Waals surface area contributed by atoms with Gasteiger partial charge in [-0.05, 0) is 0 Å². The first-order valence-electron chi connectivity index (χ1n) is 3.92. The maximum Gasteiger partial charge on any atom is 0.111 e. The maximum absolute atomic E-state index is 9.43. The molecule has 0 amide bonds. The largest absolute Gasteiger partial charge is 0.394 e. The first kappa shape index (κ1) is 9.67. The minimum absolute atomic E-state index is 0.172. The minimum atomic E-state index is -0.727. The lowest BCUT2D eigenvalue weighted by atomic mass is 10.1. The van der Waals surface area contributed by atoms with Gasteiger partial charge in [-0.1, -0.05) is 6.08 Å². The van der Waals surface area contributed by atoms with Crippen LogP contribution in [0.15, 0.2) is 12.7 Å². The fraction of sp³-hybridized carbons (Fsp3) is 0.750. The zero-order valence-electron chi connectivity index (χ0n) is 6.85. The van der Waals surface area contributed by atoms with E-state index in [1.165, 1.54) is 0 Å². The van der Waals surface area contributed by atoms with Crippen molar-refractivity contribution < 1.29 is 19.7 Å². The summed E-state index contributed by atoms with van der Waals surface area (Å²) in [5.74, 6) is 0. The van der Waals surface area contributed by atoms with E-state index < -0.39 is 12.2 Å². The van der Waals surface area contributed by atoms with Crippen LogP contribution in [0.4, 0.5) is 0 Å². The summed E-state index contributed by atoms with van der Waals surface area (Å²) in [6.45, 7) is 4.04. The summed E-state index contributed by atoms with van der Waals surface area (Å²) in [7, 11) is 0. The molecule has 0 aliphatic carbocycles. The Balaban J connectivity index is 2.32. The number of hydrogen-bond donors (Lipinski definition) is 2. The molecule has 4 heteroatoms. The molecular weight excluding hydrogens is 160 g/mol.